The molecule has 8 heteroatoms. The molecular formula is C19H24Cl2IN5. The van der Waals surface area contributed by atoms with Crippen LogP contribution < -0.4 is 15.5 Å². The van der Waals surface area contributed by atoms with Crippen molar-refractivity contribution in [2.24, 2.45) is 4.99 Å². The monoisotopic (exact) mass is 519 g/mol. The molecule has 0 radical (unpaired) electrons. The van der Waals surface area contributed by atoms with Gasteiger partial charge in [0.1, 0.15) is 5.15 Å². The summed E-state index contributed by atoms with van der Waals surface area (Å²) in [4.78, 5) is 10.8. The van der Waals surface area contributed by atoms with Crippen LogP contribution in [0.3, 0.4) is 0 Å². The Labute approximate surface area is 187 Å². The van der Waals surface area contributed by atoms with Gasteiger partial charge < -0.3 is 15.5 Å². The first-order valence-electron chi connectivity index (χ1n) is 8.72. The second kappa shape index (κ2) is 10.9. The summed E-state index contributed by atoms with van der Waals surface area (Å²) >= 11 is 11.9. The van der Waals surface area contributed by atoms with Gasteiger partial charge in [-0.15, -0.1) is 24.0 Å². The number of benzene rings is 1. The van der Waals surface area contributed by atoms with E-state index >= 15 is 0 Å². The highest BCUT2D eigenvalue weighted by Gasteiger charge is 2.23. The SMILES string of the molecule is CN=C(NCCc1ccc(Cl)nc1)NC1CCN(c2cccc(Cl)c2)C1.I. The van der Waals surface area contributed by atoms with Gasteiger partial charge in [-0.2, -0.15) is 0 Å². The minimum absolute atomic E-state index is 0. The van der Waals surface area contributed by atoms with E-state index in [2.05, 4.69) is 31.6 Å². The molecule has 2 aromatic rings. The Balaban J connectivity index is 0.00000261. The molecule has 5 nitrogen and oxygen atoms in total. The fraction of sp³-hybridized carbons (Fsp3) is 0.368. The second-order valence-corrected chi connectivity index (χ2v) is 7.12. The van der Waals surface area contributed by atoms with E-state index in [0.29, 0.717) is 11.2 Å². The lowest BCUT2D eigenvalue weighted by Gasteiger charge is -2.20. The van der Waals surface area contributed by atoms with Crippen LogP contribution in [0.25, 0.3) is 0 Å². The molecule has 1 aliphatic rings. The van der Waals surface area contributed by atoms with E-state index in [1.807, 2.05) is 30.3 Å². The molecule has 0 amide bonds. The zero-order valence-electron chi connectivity index (χ0n) is 15.2. The van der Waals surface area contributed by atoms with Gasteiger partial charge in [0, 0.05) is 49.6 Å². The summed E-state index contributed by atoms with van der Waals surface area (Å²) in [5, 5.41) is 8.15. The van der Waals surface area contributed by atoms with Crippen molar-refractivity contribution in [3.63, 3.8) is 0 Å². The number of nitrogens with one attached hydrogen (secondary N) is 2. The summed E-state index contributed by atoms with van der Waals surface area (Å²) in [5.74, 6) is 0.824. The molecule has 1 aromatic heterocycles. The molecule has 3 rings (SSSR count). The Kier molecular flexibility index (Phi) is 8.92. The number of guanidine groups is 1. The van der Waals surface area contributed by atoms with E-state index in [4.69, 9.17) is 23.2 Å². The molecule has 146 valence electrons. The summed E-state index contributed by atoms with van der Waals surface area (Å²) in [6.07, 6.45) is 3.73. The van der Waals surface area contributed by atoms with Crippen LogP contribution in [0.15, 0.2) is 47.6 Å². The van der Waals surface area contributed by atoms with Gasteiger partial charge in [0.2, 0.25) is 0 Å². The van der Waals surface area contributed by atoms with Crippen LogP contribution in [0.4, 0.5) is 5.69 Å². The highest BCUT2D eigenvalue weighted by Crippen LogP contribution is 2.23. The van der Waals surface area contributed by atoms with Crippen molar-refractivity contribution in [2.45, 2.75) is 18.9 Å². The molecule has 1 aliphatic heterocycles. The Morgan fingerprint density at radius 3 is 2.85 bits per heavy atom. The molecule has 1 saturated heterocycles. The molecule has 0 aliphatic carbocycles. The van der Waals surface area contributed by atoms with E-state index in [1.165, 1.54) is 5.69 Å². The lowest BCUT2D eigenvalue weighted by Crippen LogP contribution is -2.45. The minimum atomic E-state index is 0. The molecule has 0 bridgehead atoms. The zero-order valence-corrected chi connectivity index (χ0v) is 19.0. The number of halogens is 3. The third-order valence-electron chi connectivity index (χ3n) is 4.42. The summed E-state index contributed by atoms with van der Waals surface area (Å²) in [6, 6.07) is 12.2. The van der Waals surface area contributed by atoms with Gasteiger partial charge in [-0.25, -0.2) is 4.98 Å². The Morgan fingerprint density at radius 1 is 1.30 bits per heavy atom. The topological polar surface area (TPSA) is 52.6 Å². The largest absolute Gasteiger partial charge is 0.369 e. The first-order valence-corrected chi connectivity index (χ1v) is 9.48. The van der Waals surface area contributed by atoms with Crippen molar-refractivity contribution < 1.29 is 0 Å². The van der Waals surface area contributed by atoms with Gasteiger partial charge in [0.15, 0.2) is 5.96 Å². The van der Waals surface area contributed by atoms with Crippen LogP contribution in [0, 0.1) is 0 Å². The van der Waals surface area contributed by atoms with E-state index in [0.717, 1.165) is 49.0 Å². The molecule has 2 N–H and O–H groups in total. The zero-order chi connectivity index (χ0) is 18.4. The van der Waals surface area contributed by atoms with Crippen LogP contribution in [0.1, 0.15) is 12.0 Å². The number of anilines is 1. The standard InChI is InChI=1S/C19H23Cl2N5.HI/c1-22-19(23-9-7-14-5-6-18(21)24-12-14)25-16-8-10-26(13-16)17-4-2-3-15(20)11-17;/h2-6,11-12,16H,7-10,13H2,1H3,(H2,22,23,25);1H. The maximum atomic E-state index is 6.10. The van der Waals surface area contributed by atoms with Gasteiger partial charge in [-0.1, -0.05) is 35.3 Å². The van der Waals surface area contributed by atoms with Crippen LogP contribution in [0.5, 0.6) is 0 Å². The summed E-state index contributed by atoms with van der Waals surface area (Å²) in [6.45, 7) is 2.72. The molecule has 1 atom stereocenters. The normalized spacial score (nSPS) is 16.8. The number of pyridine rings is 1. The van der Waals surface area contributed by atoms with E-state index in [1.54, 1.807) is 13.2 Å². The fourth-order valence-electron chi connectivity index (χ4n) is 3.05. The molecule has 1 unspecified atom stereocenters. The van der Waals surface area contributed by atoms with Crippen molar-refractivity contribution in [1.29, 1.82) is 0 Å². The number of rotatable bonds is 5. The first kappa shape index (κ1) is 22.0. The lowest BCUT2D eigenvalue weighted by atomic mass is 10.2. The summed E-state index contributed by atoms with van der Waals surface area (Å²) in [7, 11) is 1.79. The van der Waals surface area contributed by atoms with Gasteiger partial charge >= 0.3 is 0 Å². The molecular weight excluding hydrogens is 496 g/mol. The van der Waals surface area contributed by atoms with Crippen molar-refractivity contribution in [1.82, 2.24) is 15.6 Å². The summed E-state index contributed by atoms with van der Waals surface area (Å²) in [5.41, 5.74) is 2.31. The van der Waals surface area contributed by atoms with Crippen LogP contribution >= 0.6 is 47.2 Å². The quantitative estimate of drug-likeness (QED) is 0.271. The number of nitrogens with zero attached hydrogens (tertiary/aromatic N) is 3. The third kappa shape index (κ3) is 6.69. The Hall–Kier alpha value is -1.25. The average molecular weight is 520 g/mol. The van der Waals surface area contributed by atoms with Gasteiger partial charge in [-0.05, 0) is 42.7 Å². The van der Waals surface area contributed by atoms with Gasteiger partial charge in [0.25, 0.3) is 0 Å². The lowest BCUT2D eigenvalue weighted by molar-refractivity contribution is 0.648. The van der Waals surface area contributed by atoms with Crippen LogP contribution in [0.2, 0.25) is 10.2 Å². The third-order valence-corrected chi connectivity index (χ3v) is 4.88. The fourth-order valence-corrected chi connectivity index (χ4v) is 3.35. The van der Waals surface area contributed by atoms with Crippen molar-refractivity contribution in [2.75, 3.05) is 31.6 Å². The molecule has 0 spiro atoms. The maximum absolute atomic E-state index is 6.10. The predicted molar refractivity (Wildman–Crippen MR) is 125 cm³/mol. The smallest absolute Gasteiger partial charge is 0.191 e. The Bertz CT molecular complexity index is 754. The highest BCUT2D eigenvalue weighted by molar-refractivity contribution is 14.0. The summed E-state index contributed by atoms with van der Waals surface area (Å²) < 4.78 is 0. The van der Waals surface area contributed by atoms with Crippen molar-refractivity contribution in [3.8, 4) is 0 Å². The average Bonchev–Trinajstić information content (AvgIpc) is 3.11. The highest BCUT2D eigenvalue weighted by atomic mass is 127. The Morgan fingerprint density at radius 2 is 2.15 bits per heavy atom. The molecule has 1 aromatic carbocycles. The minimum Gasteiger partial charge on any atom is -0.369 e. The van der Waals surface area contributed by atoms with Gasteiger partial charge in [0.05, 0.1) is 0 Å². The number of hydrogen-bond acceptors (Lipinski definition) is 3. The van der Waals surface area contributed by atoms with E-state index in [9.17, 15) is 0 Å². The number of aromatic nitrogens is 1. The van der Waals surface area contributed by atoms with E-state index in [-0.39, 0.29) is 24.0 Å². The first-order chi connectivity index (χ1) is 12.6. The molecule has 0 saturated carbocycles. The molecule has 1 fully saturated rings. The van der Waals surface area contributed by atoms with Crippen molar-refractivity contribution >= 4 is 58.8 Å². The van der Waals surface area contributed by atoms with Crippen molar-refractivity contribution in [3.05, 3.63) is 58.3 Å². The second-order valence-electron chi connectivity index (χ2n) is 6.29. The number of hydrogen-bond donors (Lipinski definition) is 2. The van der Waals surface area contributed by atoms with E-state index < -0.39 is 0 Å². The molecule has 2 heterocycles. The molecule has 27 heavy (non-hydrogen) atoms. The maximum Gasteiger partial charge on any atom is 0.191 e. The number of aliphatic imine (C=N–C) groups is 1. The van der Waals surface area contributed by atoms with Crippen LogP contribution in [-0.2, 0) is 6.42 Å². The predicted octanol–water partition coefficient (Wildman–Crippen LogP) is 3.99. The van der Waals surface area contributed by atoms with Gasteiger partial charge in [-0.3, -0.25) is 4.99 Å². The van der Waals surface area contributed by atoms with Crippen LogP contribution in [-0.4, -0.2) is 43.7 Å².